The fraction of sp³-hybridized carbons (Fsp3) is 0.385. The van der Waals surface area contributed by atoms with Crippen LogP contribution in [-0.2, 0) is 16.0 Å². The number of carbonyl (C=O) groups excluding carboxylic acids is 2. The van der Waals surface area contributed by atoms with Crippen LogP contribution in [-0.4, -0.2) is 24.4 Å². The van der Waals surface area contributed by atoms with Crippen molar-refractivity contribution in [3.05, 3.63) is 35.9 Å². The molecule has 0 fully saturated rings. The Balaban J connectivity index is 2.18. The molecule has 0 spiro atoms. The number of hydrogen-bond acceptors (Lipinski definition) is 3. The number of nitrogens with one attached hydrogen (secondary N) is 1. The average Bonchev–Trinajstić information content (AvgIpc) is 2.34. The highest BCUT2D eigenvalue weighted by Gasteiger charge is 2.14. The largest absolute Gasteiger partial charge is 0.370 e. The van der Waals surface area contributed by atoms with Gasteiger partial charge in [-0.3, -0.25) is 9.59 Å². The van der Waals surface area contributed by atoms with Crippen LogP contribution >= 0.6 is 0 Å². The van der Waals surface area contributed by atoms with E-state index in [9.17, 15) is 9.59 Å². The third-order valence-electron chi connectivity index (χ3n) is 2.54. The van der Waals surface area contributed by atoms with Crippen LogP contribution in [0.15, 0.2) is 30.3 Å². The second-order valence-corrected chi connectivity index (χ2v) is 4.16. The van der Waals surface area contributed by atoms with E-state index < -0.39 is 11.9 Å². The van der Waals surface area contributed by atoms with E-state index in [1.54, 1.807) is 0 Å². The van der Waals surface area contributed by atoms with Gasteiger partial charge in [0.15, 0.2) is 0 Å². The Kier molecular flexibility index (Phi) is 5.87. The van der Waals surface area contributed by atoms with E-state index in [1.165, 1.54) is 5.56 Å². The first-order valence-corrected chi connectivity index (χ1v) is 5.95. The van der Waals surface area contributed by atoms with Crippen molar-refractivity contribution in [3.63, 3.8) is 0 Å². The lowest BCUT2D eigenvalue weighted by Crippen LogP contribution is -2.43. The summed E-state index contributed by atoms with van der Waals surface area (Å²) in [5.41, 5.74) is 11.7. The van der Waals surface area contributed by atoms with Gasteiger partial charge < -0.3 is 16.8 Å². The smallest absolute Gasteiger partial charge is 0.237 e. The van der Waals surface area contributed by atoms with Gasteiger partial charge in [-0.25, -0.2) is 0 Å². The van der Waals surface area contributed by atoms with Crippen LogP contribution in [0.25, 0.3) is 0 Å². The minimum atomic E-state index is -0.848. The number of amides is 2. The third-order valence-corrected chi connectivity index (χ3v) is 2.54. The summed E-state index contributed by atoms with van der Waals surface area (Å²) in [6.45, 7) is 0.542. The standard InChI is InChI=1S/C13H19N3O2/c14-11(9-12(15)17)13(18)16-8-4-7-10-5-2-1-3-6-10/h1-3,5-6,11H,4,7-9,14H2,(H2,15,17)(H,16,18)/t11-/m1/s1. The highest BCUT2D eigenvalue weighted by atomic mass is 16.2. The van der Waals surface area contributed by atoms with Crippen molar-refractivity contribution in [2.45, 2.75) is 25.3 Å². The van der Waals surface area contributed by atoms with Crippen molar-refractivity contribution in [3.8, 4) is 0 Å². The number of hydrogen-bond donors (Lipinski definition) is 3. The molecule has 0 saturated carbocycles. The molecule has 1 atom stereocenters. The van der Waals surface area contributed by atoms with E-state index in [1.807, 2.05) is 30.3 Å². The van der Waals surface area contributed by atoms with E-state index >= 15 is 0 Å². The number of aryl methyl sites for hydroxylation is 1. The molecule has 0 aliphatic rings. The summed E-state index contributed by atoms with van der Waals surface area (Å²) < 4.78 is 0. The molecule has 98 valence electrons. The lowest BCUT2D eigenvalue weighted by atomic mass is 10.1. The van der Waals surface area contributed by atoms with Crippen LogP contribution < -0.4 is 16.8 Å². The Labute approximate surface area is 107 Å². The fourth-order valence-corrected chi connectivity index (χ4v) is 1.59. The van der Waals surface area contributed by atoms with Gasteiger partial charge in [-0.2, -0.15) is 0 Å². The molecule has 0 unspecified atom stereocenters. The maximum Gasteiger partial charge on any atom is 0.237 e. The molecular formula is C13H19N3O2. The van der Waals surface area contributed by atoms with Gasteiger partial charge in [0.25, 0.3) is 0 Å². The van der Waals surface area contributed by atoms with Crippen LogP contribution in [0, 0.1) is 0 Å². The minimum absolute atomic E-state index is 0.121. The molecule has 5 heteroatoms. The zero-order chi connectivity index (χ0) is 13.4. The Morgan fingerprint density at radius 3 is 2.50 bits per heavy atom. The molecule has 5 nitrogen and oxygen atoms in total. The maximum atomic E-state index is 11.4. The van der Waals surface area contributed by atoms with Gasteiger partial charge in [0.1, 0.15) is 0 Å². The lowest BCUT2D eigenvalue weighted by molar-refractivity contribution is -0.126. The number of rotatable bonds is 7. The Morgan fingerprint density at radius 1 is 1.22 bits per heavy atom. The van der Waals surface area contributed by atoms with Crippen molar-refractivity contribution < 1.29 is 9.59 Å². The fourth-order valence-electron chi connectivity index (χ4n) is 1.59. The molecule has 1 aromatic carbocycles. The average molecular weight is 249 g/mol. The van der Waals surface area contributed by atoms with E-state index in [0.29, 0.717) is 6.54 Å². The number of benzene rings is 1. The predicted octanol–water partition coefficient (Wildman–Crippen LogP) is -0.0619. The molecule has 0 heterocycles. The van der Waals surface area contributed by atoms with Crippen LogP contribution in [0.2, 0.25) is 0 Å². The molecule has 0 saturated heterocycles. The first-order chi connectivity index (χ1) is 8.59. The molecule has 2 amide bonds. The van der Waals surface area contributed by atoms with Crippen LogP contribution in [0.3, 0.4) is 0 Å². The van der Waals surface area contributed by atoms with Crippen molar-refractivity contribution in [1.82, 2.24) is 5.32 Å². The first kappa shape index (κ1) is 14.2. The summed E-state index contributed by atoms with van der Waals surface area (Å²) in [6.07, 6.45) is 1.61. The van der Waals surface area contributed by atoms with Crippen molar-refractivity contribution in [2.75, 3.05) is 6.54 Å². The number of carbonyl (C=O) groups is 2. The Hall–Kier alpha value is -1.88. The van der Waals surface area contributed by atoms with E-state index in [0.717, 1.165) is 12.8 Å². The maximum absolute atomic E-state index is 11.4. The second kappa shape index (κ2) is 7.45. The molecule has 0 aliphatic carbocycles. The third kappa shape index (κ3) is 5.45. The van der Waals surface area contributed by atoms with E-state index in [-0.39, 0.29) is 12.3 Å². The molecule has 0 bridgehead atoms. The molecule has 1 aromatic rings. The lowest BCUT2D eigenvalue weighted by Gasteiger charge is -2.10. The zero-order valence-electron chi connectivity index (χ0n) is 10.3. The van der Waals surface area contributed by atoms with Gasteiger partial charge in [0, 0.05) is 6.54 Å². The summed E-state index contributed by atoms with van der Waals surface area (Å²) in [6, 6.07) is 9.17. The summed E-state index contributed by atoms with van der Waals surface area (Å²) in [5.74, 6) is -0.899. The van der Waals surface area contributed by atoms with Gasteiger partial charge >= 0.3 is 0 Å². The van der Waals surface area contributed by atoms with Gasteiger partial charge in [-0.15, -0.1) is 0 Å². The SMILES string of the molecule is NC(=O)C[C@@H](N)C(=O)NCCCc1ccccc1. The van der Waals surface area contributed by atoms with Crippen molar-refractivity contribution >= 4 is 11.8 Å². The quantitative estimate of drug-likeness (QED) is 0.590. The Morgan fingerprint density at radius 2 is 1.89 bits per heavy atom. The van der Waals surface area contributed by atoms with Crippen LogP contribution in [0.4, 0.5) is 0 Å². The molecule has 18 heavy (non-hydrogen) atoms. The van der Waals surface area contributed by atoms with Crippen molar-refractivity contribution in [2.24, 2.45) is 11.5 Å². The topological polar surface area (TPSA) is 98.2 Å². The van der Waals surface area contributed by atoms with Gasteiger partial charge in [0.05, 0.1) is 12.5 Å². The van der Waals surface area contributed by atoms with Crippen LogP contribution in [0.5, 0.6) is 0 Å². The Bertz CT molecular complexity index is 392. The van der Waals surface area contributed by atoms with Crippen LogP contribution in [0.1, 0.15) is 18.4 Å². The van der Waals surface area contributed by atoms with Gasteiger partial charge in [-0.05, 0) is 18.4 Å². The monoisotopic (exact) mass is 249 g/mol. The minimum Gasteiger partial charge on any atom is -0.370 e. The highest BCUT2D eigenvalue weighted by molar-refractivity contribution is 5.87. The molecular weight excluding hydrogens is 230 g/mol. The summed E-state index contributed by atoms with van der Waals surface area (Å²) in [5, 5.41) is 2.69. The molecule has 0 radical (unpaired) electrons. The predicted molar refractivity (Wildman–Crippen MR) is 69.6 cm³/mol. The highest BCUT2D eigenvalue weighted by Crippen LogP contribution is 2.01. The van der Waals surface area contributed by atoms with Gasteiger partial charge in [-0.1, -0.05) is 30.3 Å². The van der Waals surface area contributed by atoms with Crippen molar-refractivity contribution in [1.29, 1.82) is 0 Å². The molecule has 0 aliphatic heterocycles. The first-order valence-electron chi connectivity index (χ1n) is 5.95. The summed E-state index contributed by atoms with van der Waals surface area (Å²) in [4.78, 5) is 22.0. The molecule has 1 rings (SSSR count). The summed E-state index contributed by atoms with van der Waals surface area (Å²) >= 11 is 0. The zero-order valence-corrected chi connectivity index (χ0v) is 10.3. The second-order valence-electron chi connectivity index (χ2n) is 4.16. The van der Waals surface area contributed by atoms with E-state index in [2.05, 4.69) is 5.32 Å². The van der Waals surface area contributed by atoms with Gasteiger partial charge in [0.2, 0.25) is 11.8 Å². The van der Waals surface area contributed by atoms with E-state index in [4.69, 9.17) is 11.5 Å². The molecule has 0 aromatic heterocycles. The summed E-state index contributed by atoms with van der Waals surface area (Å²) in [7, 11) is 0. The molecule has 5 N–H and O–H groups in total. The normalized spacial score (nSPS) is 11.8. The number of nitrogens with two attached hydrogens (primary N) is 2. The number of primary amides is 1.